The lowest BCUT2D eigenvalue weighted by molar-refractivity contribution is -0.140. The van der Waals surface area contributed by atoms with Crippen molar-refractivity contribution >= 4 is 40.7 Å². The summed E-state index contributed by atoms with van der Waals surface area (Å²) in [6.07, 6.45) is 0. The molecule has 0 aliphatic carbocycles. The van der Waals surface area contributed by atoms with Crippen LogP contribution in [-0.4, -0.2) is 28.8 Å². The summed E-state index contributed by atoms with van der Waals surface area (Å²) in [5, 5.41) is 11.7. The zero-order chi connectivity index (χ0) is 22.8. The van der Waals surface area contributed by atoms with E-state index in [1.807, 2.05) is 30.3 Å². The number of likely N-dealkylation sites (tertiary alicyclic amines) is 1. The van der Waals surface area contributed by atoms with Gasteiger partial charge in [0.15, 0.2) is 0 Å². The van der Waals surface area contributed by atoms with Gasteiger partial charge in [0.05, 0.1) is 28.8 Å². The van der Waals surface area contributed by atoms with E-state index in [2.05, 4.69) is 0 Å². The van der Waals surface area contributed by atoms with Crippen molar-refractivity contribution in [1.29, 1.82) is 0 Å². The fourth-order valence-electron chi connectivity index (χ4n) is 3.76. The summed E-state index contributed by atoms with van der Waals surface area (Å²) in [6, 6.07) is 20.0. The van der Waals surface area contributed by atoms with Crippen LogP contribution in [-0.2, 0) is 16.1 Å². The minimum Gasteiger partial charge on any atom is -0.507 e. The van der Waals surface area contributed by atoms with Gasteiger partial charge in [-0.1, -0.05) is 59.6 Å². The average Bonchev–Trinajstić information content (AvgIpc) is 3.06. The van der Waals surface area contributed by atoms with Crippen LogP contribution in [0, 0.1) is 0 Å². The molecule has 1 aliphatic heterocycles. The molecule has 162 valence electrons. The number of amides is 1. The highest BCUT2D eigenvalue weighted by Crippen LogP contribution is 2.41. The number of aliphatic hydroxyl groups excluding tert-OH is 1. The maximum Gasteiger partial charge on any atom is 0.295 e. The molecule has 1 heterocycles. The van der Waals surface area contributed by atoms with E-state index in [-0.39, 0.29) is 17.9 Å². The van der Waals surface area contributed by atoms with Gasteiger partial charge in [-0.05, 0) is 47.5 Å². The molecule has 1 aliphatic rings. The fourth-order valence-corrected chi connectivity index (χ4v) is 4.06. The van der Waals surface area contributed by atoms with Crippen LogP contribution in [0.25, 0.3) is 5.76 Å². The molecule has 1 amide bonds. The van der Waals surface area contributed by atoms with Gasteiger partial charge < -0.3 is 14.7 Å². The molecular formula is C25H19Cl2NO4. The molecule has 3 aromatic rings. The summed E-state index contributed by atoms with van der Waals surface area (Å²) in [4.78, 5) is 27.6. The van der Waals surface area contributed by atoms with Gasteiger partial charge in [-0.2, -0.15) is 0 Å². The molecule has 0 spiro atoms. The molecule has 1 saturated heterocycles. The second-order valence-corrected chi connectivity index (χ2v) is 8.13. The van der Waals surface area contributed by atoms with Crippen LogP contribution >= 0.6 is 23.2 Å². The molecule has 1 N–H and O–H groups in total. The van der Waals surface area contributed by atoms with Crippen LogP contribution in [0.4, 0.5) is 0 Å². The number of carbonyl (C=O) groups is 2. The first-order chi connectivity index (χ1) is 15.4. The number of carbonyl (C=O) groups excluding carboxylic acids is 2. The number of ether oxygens (including phenoxy) is 1. The Morgan fingerprint density at radius 2 is 1.66 bits per heavy atom. The number of benzene rings is 3. The van der Waals surface area contributed by atoms with Gasteiger partial charge >= 0.3 is 0 Å². The smallest absolute Gasteiger partial charge is 0.295 e. The van der Waals surface area contributed by atoms with Gasteiger partial charge in [-0.3, -0.25) is 9.59 Å². The van der Waals surface area contributed by atoms with E-state index in [1.54, 1.807) is 42.5 Å². The third-order valence-electron chi connectivity index (χ3n) is 5.36. The van der Waals surface area contributed by atoms with Gasteiger partial charge in [0.2, 0.25) is 0 Å². The number of rotatable bonds is 5. The van der Waals surface area contributed by atoms with Crippen molar-refractivity contribution in [3.8, 4) is 5.75 Å². The van der Waals surface area contributed by atoms with Crippen LogP contribution in [0.3, 0.4) is 0 Å². The molecule has 0 radical (unpaired) electrons. The minimum atomic E-state index is -0.827. The van der Waals surface area contributed by atoms with Crippen LogP contribution in [0.5, 0.6) is 5.75 Å². The molecule has 32 heavy (non-hydrogen) atoms. The van der Waals surface area contributed by atoms with Crippen molar-refractivity contribution in [2.45, 2.75) is 12.6 Å². The van der Waals surface area contributed by atoms with Crippen LogP contribution < -0.4 is 4.74 Å². The standard InChI is InChI=1S/C25H19Cl2NO4/c1-32-18-10-7-16(8-11-18)23(29)21-22(17-9-12-19(26)20(27)13-17)28(25(31)24(21)30)14-15-5-3-2-4-6-15/h2-13,22,29H,14H2,1H3/b23-21+. The number of hydrogen-bond acceptors (Lipinski definition) is 4. The largest absolute Gasteiger partial charge is 0.507 e. The Labute approximate surface area is 195 Å². The first-order valence-corrected chi connectivity index (χ1v) is 10.6. The monoisotopic (exact) mass is 467 g/mol. The Morgan fingerprint density at radius 3 is 2.28 bits per heavy atom. The number of Topliss-reactive ketones (excluding diaryl/α,β-unsaturated/α-hetero) is 1. The molecule has 0 saturated carbocycles. The quantitative estimate of drug-likeness (QED) is 0.300. The molecule has 0 aromatic heterocycles. The van der Waals surface area contributed by atoms with Crippen molar-refractivity contribution < 1.29 is 19.4 Å². The predicted octanol–water partition coefficient (Wildman–Crippen LogP) is 5.62. The third-order valence-corrected chi connectivity index (χ3v) is 6.10. The number of hydrogen-bond donors (Lipinski definition) is 1. The Kier molecular flexibility index (Phi) is 6.21. The fraction of sp³-hybridized carbons (Fsp3) is 0.120. The lowest BCUT2D eigenvalue weighted by Gasteiger charge is -2.25. The number of methoxy groups -OCH3 is 1. The number of ketones is 1. The van der Waals surface area contributed by atoms with Crippen molar-refractivity contribution in [3.63, 3.8) is 0 Å². The second kappa shape index (κ2) is 9.07. The van der Waals surface area contributed by atoms with Crippen molar-refractivity contribution in [1.82, 2.24) is 4.90 Å². The predicted molar refractivity (Wildman–Crippen MR) is 124 cm³/mol. The van der Waals surface area contributed by atoms with Crippen molar-refractivity contribution in [2.75, 3.05) is 7.11 Å². The van der Waals surface area contributed by atoms with Gasteiger partial charge in [0, 0.05) is 12.1 Å². The average molecular weight is 468 g/mol. The van der Waals surface area contributed by atoms with Crippen molar-refractivity contribution in [3.05, 3.63) is 105 Å². The molecule has 1 atom stereocenters. The summed E-state index contributed by atoms with van der Waals surface area (Å²) in [6.45, 7) is 0.190. The first-order valence-electron chi connectivity index (χ1n) is 9.82. The summed E-state index contributed by atoms with van der Waals surface area (Å²) in [5.74, 6) is -1.12. The lowest BCUT2D eigenvalue weighted by atomic mass is 9.95. The normalized spacial score (nSPS) is 17.6. The summed E-state index contributed by atoms with van der Waals surface area (Å²) >= 11 is 12.3. The van der Waals surface area contributed by atoms with E-state index in [0.717, 1.165) is 5.56 Å². The first kappa shape index (κ1) is 21.9. The summed E-state index contributed by atoms with van der Waals surface area (Å²) in [7, 11) is 1.54. The van der Waals surface area contributed by atoms with Crippen molar-refractivity contribution in [2.24, 2.45) is 0 Å². The molecule has 1 fully saturated rings. The molecule has 4 rings (SSSR count). The number of halogens is 2. The summed E-state index contributed by atoms with van der Waals surface area (Å²) in [5.41, 5.74) is 1.82. The van der Waals surface area contributed by atoms with Crippen LogP contribution in [0.1, 0.15) is 22.7 Å². The zero-order valence-corrected chi connectivity index (χ0v) is 18.6. The van der Waals surface area contributed by atoms with E-state index >= 15 is 0 Å². The number of aliphatic hydroxyl groups is 1. The topological polar surface area (TPSA) is 66.8 Å². The van der Waals surface area contributed by atoms with E-state index in [9.17, 15) is 14.7 Å². The summed E-state index contributed by atoms with van der Waals surface area (Å²) < 4.78 is 5.16. The van der Waals surface area contributed by atoms with Gasteiger partial charge in [-0.15, -0.1) is 0 Å². The molecular weight excluding hydrogens is 449 g/mol. The number of nitrogens with zero attached hydrogens (tertiary/aromatic N) is 1. The maximum atomic E-state index is 13.1. The van der Waals surface area contributed by atoms with Gasteiger partial charge in [0.1, 0.15) is 11.5 Å². The highest BCUT2D eigenvalue weighted by Gasteiger charge is 2.46. The minimum absolute atomic E-state index is 0.00510. The van der Waals surface area contributed by atoms with Crippen LogP contribution in [0.15, 0.2) is 78.4 Å². The van der Waals surface area contributed by atoms with E-state index < -0.39 is 17.7 Å². The Bertz CT molecular complexity index is 1210. The molecule has 5 nitrogen and oxygen atoms in total. The van der Waals surface area contributed by atoms with Gasteiger partial charge in [0.25, 0.3) is 11.7 Å². The Hall–Kier alpha value is -3.28. The maximum absolute atomic E-state index is 13.1. The molecule has 3 aromatic carbocycles. The Morgan fingerprint density at radius 1 is 0.969 bits per heavy atom. The van der Waals surface area contributed by atoms with E-state index in [1.165, 1.54) is 12.0 Å². The molecule has 7 heteroatoms. The highest BCUT2D eigenvalue weighted by molar-refractivity contribution is 6.46. The SMILES string of the molecule is COc1ccc(/C(O)=C2\C(=O)C(=O)N(Cc3ccccc3)C2c2ccc(Cl)c(Cl)c2)cc1. The van der Waals surface area contributed by atoms with E-state index in [4.69, 9.17) is 27.9 Å². The molecule has 0 bridgehead atoms. The Balaban J connectivity index is 1.86. The second-order valence-electron chi connectivity index (χ2n) is 7.31. The zero-order valence-electron chi connectivity index (χ0n) is 17.1. The lowest BCUT2D eigenvalue weighted by Crippen LogP contribution is -2.29. The third kappa shape index (κ3) is 4.09. The van der Waals surface area contributed by atoms with E-state index in [0.29, 0.717) is 26.9 Å². The highest BCUT2D eigenvalue weighted by atomic mass is 35.5. The van der Waals surface area contributed by atoms with Gasteiger partial charge in [-0.25, -0.2) is 0 Å². The molecule has 1 unspecified atom stereocenters. The van der Waals surface area contributed by atoms with Crippen LogP contribution in [0.2, 0.25) is 10.0 Å².